The lowest BCUT2D eigenvalue weighted by Gasteiger charge is -2.28. The van der Waals surface area contributed by atoms with Crippen LogP contribution in [0, 0.1) is 22.5 Å². The maximum absolute atomic E-state index is 13.2. The molecule has 0 aliphatic rings. The minimum Gasteiger partial charge on any atom is -0.349 e. The molecule has 32 heavy (non-hydrogen) atoms. The molecule has 0 fully saturated rings. The van der Waals surface area contributed by atoms with Crippen molar-refractivity contribution >= 4 is 31.7 Å². The number of ketones is 1. The maximum Gasteiger partial charge on any atom is 0.267 e. The Bertz CT molecular complexity index is 1070. The summed E-state index contributed by atoms with van der Waals surface area (Å²) in [5.41, 5.74) is 0.0308. The summed E-state index contributed by atoms with van der Waals surface area (Å²) < 4.78 is 37.9. The lowest BCUT2D eigenvalue weighted by atomic mass is 9.78. The van der Waals surface area contributed by atoms with Crippen molar-refractivity contribution in [3.05, 3.63) is 62.4 Å². The average Bonchev–Trinajstić information content (AvgIpc) is 3.08. The molecular weight excluding hydrogens is 504 g/mol. The van der Waals surface area contributed by atoms with E-state index in [2.05, 4.69) is 15.9 Å². The van der Waals surface area contributed by atoms with Crippen molar-refractivity contribution in [2.24, 2.45) is 5.41 Å². The van der Waals surface area contributed by atoms with E-state index in [4.69, 9.17) is 9.47 Å². The second-order valence-corrected chi connectivity index (χ2v) is 10.9. The lowest BCUT2D eigenvalue weighted by molar-refractivity contribution is -0.540. The topological polar surface area (TPSA) is 118 Å². The summed E-state index contributed by atoms with van der Waals surface area (Å²) in [6.45, 7) is 5.03. The molecule has 11 heteroatoms. The highest BCUT2D eigenvalue weighted by Crippen LogP contribution is 2.33. The number of hydrogen-bond acceptors (Lipinski definition) is 7. The number of methoxy groups -OCH3 is 2. The van der Waals surface area contributed by atoms with Crippen LogP contribution in [0.4, 0.5) is 0 Å². The number of carbonyl (C=O) groups excluding carboxylic acids is 1. The van der Waals surface area contributed by atoms with Gasteiger partial charge in [0.1, 0.15) is 0 Å². The maximum atomic E-state index is 13.2. The average molecular weight is 531 g/mol. The molecule has 176 valence electrons. The molecule has 1 atom stereocenters. The summed E-state index contributed by atoms with van der Waals surface area (Å²) >= 11 is 3.27. The second-order valence-electron chi connectivity index (χ2n) is 8.20. The molecule has 0 spiro atoms. The summed E-state index contributed by atoms with van der Waals surface area (Å²) in [7, 11) is -1.35. The van der Waals surface area contributed by atoms with Gasteiger partial charge in [0.15, 0.2) is 5.78 Å². The van der Waals surface area contributed by atoms with E-state index >= 15 is 0 Å². The van der Waals surface area contributed by atoms with Crippen LogP contribution in [-0.2, 0) is 30.7 Å². The summed E-state index contributed by atoms with van der Waals surface area (Å²) in [6, 6.07) is 6.64. The van der Waals surface area contributed by atoms with Crippen molar-refractivity contribution in [2.75, 3.05) is 14.2 Å². The van der Waals surface area contributed by atoms with Crippen LogP contribution in [0.25, 0.3) is 0 Å². The number of halogens is 1. The van der Waals surface area contributed by atoms with Crippen molar-refractivity contribution in [1.82, 2.24) is 3.97 Å². The first-order chi connectivity index (χ1) is 14.8. The molecule has 0 amide bonds. The first kappa shape index (κ1) is 26.2. The molecule has 2 aromatic rings. The Morgan fingerprint density at radius 2 is 1.78 bits per heavy atom. The van der Waals surface area contributed by atoms with E-state index in [0.717, 1.165) is 9.54 Å². The Kier molecular flexibility index (Phi) is 8.38. The van der Waals surface area contributed by atoms with Gasteiger partial charge in [-0.3, -0.25) is 14.9 Å². The Hall–Kier alpha value is -2.08. The number of rotatable bonds is 11. The van der Waals surface area contributed by atoms with E-state index in [1.807, 2.05) is 6.92 Å². The number of carbonyl (C=O) groups is 1. The third-order valence-corrected chi connectivity index (χ3v) is 7.45. The predicted molar refractivity (Wildman–Crippen MR) is 122 cm³/mol. The van der Waals surface area contributed by atoms with Gasteiger partial charge in [-0.15, -0.1) is 0 Å². The molecule has 0 saturated carbocycles. The number of aromatic nitrogens is 1. The number of nitro groups is 1. The molecule has 1 aromatic carbocycles. The molecule has 0 radical (unpaired) electrons. The molecule has 0 bridgehead atoms. The van der Waals surface area contributed by atoms with Gasteiger partial charge in [-0.05, 0) is 41.1 Å². The fourth-order valence-electron chi connectivity index (χ4n) is 3.50. The van der Waals surface area contributed by atoms with Crippen LogP contribution >= 0.6 is 15.9 Å². The Labute approximate surface area is 196 Å². The van der Waals surface area contributed by atoms with Gasteiger partial charge in [0, 0.05) is 47.3 Å². The number of hydrogen-bond donors (Lipinski definition) is 0. The summed E-state index contributed by atoms with van der Waals surface area (Å²) in [6.07, 6.45) is -0.140. The lowest BCUT2D eigenvalue weighted by Crippen LogP contribution is -2.42. The molecule has 0 saturated heterocycles. The quantitative estimate of drug-likeness (QED) is 0.247. The van der Waals surface area contributed by atoms with Crippen molar-refractivity contribution in [1.29, 1.82) is 0 Å². The van der Waals surface area contributed by atoms with Crippen molar-refractivity contribution in [3.8, 4) is 0 Å². The second kappa shape index (κ2) is 10.2. The van der Waals surface area contributed by atoms with Gasteiger partial charge in [-0.2, -0.15) is 0 Å². The van der Waals surface area contributed by atoms with E-state index in [1.54, 1.807) is 26.0 Å². The number of Topliss-reactive ketones (excluding diaryl/α,β-unsaturated/α-hetero) is 1. The van der Waals surface area contributed by atoms with Crippen LogP contribution in [0.3, 0.4) is 0 Å². The Balaban J connectivity index is 2.42. The Morgan fingerprint density at radius 1 is 1.22 bits per heavy atom. The minimum absolute atomic E-state index is 0.0718. The molecule has 0 N–H and O–H groups in total. The largest absolute Gasteiger partial charge is 0.349 e. The standard InChI is InChI=1S/C21H27BrN2O7S/c1-14-6-8-17(9-7-14)32(28,29)23-13-15(22)10-16(23)11-19(24(26)27)21(2,3)12-18(25)20(30-4)31-5/h6-10,13,19-20H,11-12H2,1-5H3. The van der Waals surface area contributed by atoms with Crippen molar-refractivity contribution in [2.45, 2.75) is 50.8 Å². The van der Waals surface area contributed by atoms with Gasteiger partial charge < -0.3 is 9.47 Å². The zero-order valence-corrected chi connectivity index (χ0v) is 21.0. The first-order valence-electron chi connectivity index (χ1n) is 9.74. The molecule has 9 nitrogen and oxygen atoms in total. The predicted octanol–water partition coefficient (Wildman–Crippen LogP) is 3.59. The highest BCUT2D eigenvalue weighted by atomic mass is 79.9. The number of ether oxygens (including phenoxy) is 2. The molecule has 0 aliphatic carbocycles. The SMILES string of the molecule is COC(OC)C(=O)CC(C)(C)C(Cc1cc(Br)cn1S(=O)(=O)c1ccc(C)cc1)[N+](=O)[O-]. The van der Waals surface area contributed by atoms with E-state index < -0.39 is 38.5 Å². The van der Waals surface area contributed by atoms with Gasteiger partial charge in [-0.1, -0.05) is 31.5 Å². The first-order valence-corrected chi connectivity index (χ1v) is 12.0. The zero-order chi connectivity index (χ0) is 24.3. The van der Waals surface area contributed by atoms with Crippen LogP contribution in [0.5, 0.6) is 0 Å². The highest BCUT2D eigenvalue weighted by molar-refractivity contribution is 9.10. The Morgan fingerprint density at radius 3 is 2.28 bits per heavy atom. The number of nitrogens with zero attached hydrogens (tertiary/aromatic N) is 2. The smallest absolute Gasteiger partial charge is 0.267 e. The molecule has 1 unspecified atom stereocenters. The highest BCUT2D eigenvalue weighted by Gasteiger charge is 2.43. The third kappa shape index (κ3) is 5.83. The fourth-order valence-corrected chi connectivity index (χ4v) is 5.50. The van der Waals surface area contributed by atoms with E-state index in [0.29, 0.717) is 4.47 Å². The summed E-state index contributed by atoms with van der Waals surface area (Å²) in [4.78, 5) is 24.0. The summed E-state index contributed by atoms with van der Waals surface area (Å²) in [5.74, 6) is -0.435. The minimum atomic E-state index is -3.97. The van der Waals surface area contributed by atoms with E-state index in [9.17, 15) is 23.3 Å². The van der Waals surface area contributed by atoms with Crippen LogP contribution < -0.4 is 0 Å². The van der Waals surface area contributed by atoms with Crippen LogP contribution in [-0.4, -0.2) is 49.6 Å². The normalized spacial score (nSPS) is 13.3. The van der Waals surface area contributed by atoms with Gasteiger partial charge in [-0.25, -0.2) is 12.4 Å². The van der Waals surface area contributed by atoms with Gasteiger partial charge in [0.2, 0.25) is 12.3 Å². The van der Waals surface area contributed by atoms with Gasteiger partial charge >= 0.3 is 0 Å². The molecule has 2 rings (SSSR count). The fraction of sp³-hybridized carbons (Fsp3) is 0.476. The van der Waals surface area contributed by atoms with Gasteiger partial charge in [0.05, 0.1) is 11.3 Å². The number of benzene rings is 1. The van der Waals surface area contributed by atoms with Crippen molar-refractivity contribution < 1.29 is 27.6 Å². The zero-order valence-electron chi connectivity index (χ0n) is 18.6. The van der Waals surface area contributed by atoms with Crippen molar-refractivity contribution in [3.63, 3.8) is 0 Å². The third-order valence-electron chi connectivity index (χ3n) is 5.29. The molecular formula is C21H27BrN2O7S. The van der Waals surface area contributed by atoms with Crippen LogP contribution in [0.15, 0.2) is 45.9 Å². The monoisotopic (exact) mass is 530 g/mol. The van der Waals surface area contributed by atoms with Crippen LogP contribution in [0.1, 0.15) is 31.5 Å². The van der Waals surface area contributed by atoms with Crippen LogP contribution in [0.2, 0.25) is 0 Å². The molecule has 0 aliphatic heterocycles. The van der Waals surface area contributed by atoms with E-state index in [-0.39, 0.29) is 23.4 Å². The summed E-state index contributed by atoms with van der Waals surface area (Å²) in [5, 5.41) is 12.0. The number of aryl methyl sites for hydroxylation is 1. The van der Waals surface area contributed by atoms with E-state index in [1.165, 1.54) is 38.6 Å². The molecule has 1 aromatic heterocycles. The van der Waals surface area contributed by atoms with Gasteiger partial charge in [0.25, 0.3) is 10.0 Å². The molecule has 1 heterocycles.